The van der Waals surface area contributed by atoms with Crippen molar-refractivity contribution in [1.29, 1.82) is 0 Å². The van der Waals surface area contributed by atoms with E-state index >= 15 is 0 Å². The molecule has 3 aliphatic heterocycles. The molecule has 0 aromatic carbocycles. The second-order valence-electron chi connectivity index (χ2n) is 19.1. The molecule has 0 amide bonds. The second-order valence-corrected chi connectivity index (χ2v) is 19.1. The Hall–Kier alpha value is -4.14. The summed E-state index contributed by atoms with van der Waals surface area (Å²) in [7, 11) is 1.04. The van der Waals surface area contributed by atoms with Crippen LogP contribution >= 0.6 is 0 Å². The van der Waals surface area contributed by atoms with Crippen molar-refractivity contribution in [1.82, 2.24) is 0 Å². The maximum Gasteiger partial charge on any atom is 0.348 e. The Bertz CT molecular complexity index is 2120. The largest absolute Gasteiger partial charge is 0.472 e. The summed E-state index contributed by atoms with van der Waals surface area (Å²) in [6, 6.07) is 1.49. The third kappa shape index (κ3) is 3.96. The minimum Gasteiger partial charge on any atom is -0.472 e. The molecule has 9 rings (SSSR count). The number of hydrogen-bond acceptors (Lipinski definition) is 19. The summed E-state index contributed by atoms with van der Waals surface area (Å²) in [5, 5.41) is 40.3. The third-order valence-corrected chi connectivity index (χ3v) is 15.7. The van der Waals surface area contributed by atoms with Gasteiger partial charge in [-0.25, -0.2) is 9.59 Å². The Morgan fingerprint density at radius 3 is 2.08 bits per heavy atom. The Morgan fingerprint density at radius 1 is 0.867 bits per heavy atom. The average Bonchev–Trinajstić information content (AvgIpc) is 3.51. The molecule has 4 heterocycles. The van der Waals surface area contributed by atoms with Crippen molar-refractivity contribution >= 4 is 35.8 Å². The zero-order valence-corrected chi connectivity index (χ0v) is 34.8. The first kappa shape index (κ1) is 41.2. The highest BCUT2D eigenvalue weighted by atomic mass is 17.0. The first-order valence-electron chi connectivity index (χ1n) is 20.1. The fourth-order valence-electron chi connectivity index (χ4n) is 14.2. The summed E-state index contributed by atoms with van der Waals surface area (Å²) < 4.78 is 62.2. The molecular weight excluding hydrogens is 796 g/mol. The van der Waals surface area contributed by atoms with E-state index < -0.39 is 153 Å². The number of furan rings is 1. The Balaban J connectivity index is 1.45. The molecule has 19 nitrogen and oxygen atoms in total. The number of ether oxygens (including phenoxy) is 9. The molecule has 1 aromatic heterocycles. The zero-order valence-electron chi connectivity index (χ0n) is 34.8. The predicted octanol–water partition coefficient (Wildman–Crippen LogP) is 0.919. The number of hydrogen-bond donors (Lipinski definition) is 3. The first-order chi connectivity index (χ1) is 27.9. The molecule has 17 atom stereocenters. The number of aliphatic hydroxyl groups is 3. The van der Waals surface area contributed by atoms with Crippen LogP contribution in [-0.2, 0) is 71.4 Å². The normalized spacial score (nSPS) is 49.9. The summed E-state index contributed by atoms with van der Waals surface area (Å²) in [5.41, 5.74) is -17.9. The van der Waals surface area contributed by atoms with Gasteiger partial charge in [0.1, 0.15) is 35.1 Å². The monoisotopic (exact) mass is 846 g/mol. The molecule has 3 saturated heterocycles. The lowest BCUT2D eigenvalue weighted by molar-refractivity contribution is -0.472. The van der Waals surface area contributed by atoms with Gasteiger partial charge < -0.3 is 62.4 Å². The summed E-state index contributed by atoms with van der Waals surface area (Å²) in [4.78, 5) is 83.3. The van der Waals surface area contributed by atoms with Gasteiger partial charge in [-0.15, -0.1) is 0 Å². The number of aliphatic hydroxyl groups excluding tert-OH is 2. The van der Waals surface area contributed by atoms with Crippen LogP contribution in [0.1, 0.15) is 86.8 Å². The molecule has 328 valence electrons. The Morgan fingerprint density at radius 2 is 1.52 bits per heavy atom. The van der Waals surface area contributed by atoms with Gasteiger partial charge in [0.2, 0.25) is 17.8 Å². The van der Waals surface area contributed by atoms with Crippen molar-refractivity contribution in [3.63, 3.8) is 0 Å². The number of rotatable bonds is 9. The molecule has 4 bridgehead atoms. The molecule has 8 fully saturated rings. The summed E-state index contributed by atoms with van der Waals surface area (Å²) in [6.45, 7) is 12.5. The number of methoxy groups -OCH3 is 1. The van der Waals surface area contributed by atoms with E-state index in [2.05, 4.69) is 0 Å². The lowest BCUT2D eigenvalue weighted by Crippen LogP contribution is -2.97. The van der Waals surface area contributed by atoms with Gasteiger partial charge in [0, 0.05) is 43.1 Å². The highest BCUT2D eigenvalue weighted by molar-refractivity contribution is 5.85. The number of cyclic esters (lactones) is 1. The van der Waals surface area contributed by atoms with Gasteiger partial charge in [0.25, 0.3) is 5.97 Å². The molecule has 0 unspecified atom stereocenters. The van der Waals surface area contributed by atoms with E-state index in [-0.39, 0.29) is 12.0 Å². The smallest absolute Gasteiger partial charge is 0.348 e. The van der Waals surface area contributed by atoms with Gasteiger partial charge in [-0.2, -0.15) is 0 Å². The quantitative estimate of drug-likeness (QED) is 0.231. The van der Waals surface area contributed by atoms with Crippen LogP contribution in [0.4, 0.5) is 0 Å². The van der Waals surface area contributed by atoms with Crippen LogP contribution < -0.4 is 0 Å². The molecule has 1 aromatic rings. The summed E-state index contributed by atoms with van der Waals surface area (Å²) in [6.07, 6.45) is -11.3. The number of fused-ring (bicyclic) bond motifs is 3. The van der Waals surface area contributed by atoms with Crippen LogP contribution in [0, 0.1) is 39.4 Å². The van der Waals surface area contributed by atoms with E-state index in [4.69, 9.17) is 47.0 Å². The van der Waals surface area contributed by atoms with Gasteiger partial charge in [-0.05, 0) is 18.9 Å². The van der Waals surface area contributed by atoms with E-state index in [1.807, 2.05) is 0 Å². The summed E-state index contributed by atoms with van der Waals surface area (Å²) >= 11 is 0. The van der Waals surface area contributed by atoms with Crippen LogP contribution in [0.2, 0.25) is 0 Å². The second kappa shape index (κ2) is 11.9. The van der Waals surface area contributed by atoms with Gasteiger partial charge in [0.15, 0.2) is 6.10 Å². The zero-order chi connectivity index (χ0) is 43.9. The van der Waals surface area contributed by atoms with Crippen molar-refractivity contribution in [2.45, 2.75) is 146 Å². The highest BCUT2D eigenvalue weighted by Crippen LogP contribution is 2.95. The van der Waals surface area contributed by atoms with Crippen LogP contribution in [0.25, 0.3) is 0 Å². The van der Waals surface area contributed by atoms with E-state index in [1.54, 1.807) is 0 Å². The van der Waals surface area contributed by atoms with E-state index in [0.717, 1.165) is 21.0 Å². The predicted molar refractivity (Wildman–Crippen MR) is 191 cm³/mol. The minimum atomic E-state index is -2.60. The fraction of sp³-hybridized carbons (Fsp3) is 0.756. The number of carbonyl (C=O) groups excluding carboxylic acids is 6. The molecule has 5 saturated carbocycles. The Kier molecular flexibility index (Phi) is 8.15. The number of carbonyl (C=O) groups is 6. The number of esters is 6. The van der Waals surface area contributed by atoms with Crippen LogP contribution in [0.5, 0.6) is 0 Å². The summed E-state index contributed by atoms with van der Waals surface area (Å²) in [5.74, 6) is -11.4. The SMILES string of the molecule is COC(=O)[C@H](OC(C)=O)[C@H]1[C@@]2(C)C[C@]3(O)[C@](OC(=O)C(C)C)([C@@H]2OC(C)=O)[C@@H]2O[C@]4(C)O[C@]5([C@H](O)[C@@H](O)[C@]67C[C@]6([C@H](OC(=O)C(C)C)C(=O)O[C@@H]7c6ccoc6)[C@]25O4)[C@]13C. The molecule has 5 aliphatic carbocycles. The van der Waals surface area contributed by atoms with E-state index in [9.17, 15) is 44.1 Å². The molecule has 0 radical (unpaired) electrons. The standard InChI is InChI=1S/C41H50O19/c1-16(2)27(46)56-26-30(49)55-25(20-11-12-52-13-20)36-15-37(26,36)41-32-39(57-28(47)17(3)4)31(54-19(6)43)33(7)14-38(39,50)34(8,22(33)21(29(48)51-10)53-18(5)42)40(41,24(45)23(36)44)59-35(9,58-32)60-41/h11-13,16-17,21-26,31-32,44-45,50H,14-15H2,1-10H3/t21-,22+,23-,24-,25-,26-,31-,32+,33-,34-,35-,36+,37-,38-,39+,40-,41-/m1/s1. The van der Waals surface area contributed by atoms with Crippen molar-refractivity contribution in [2.24, 2.45) is 39.4 Å². The van der Waals surface area contributed by atoms with Gasteiger partial charge >= 0.3 is 35.8 Å². The van der Waals surface area contributed by atoms with Crippen molar-refractivity contribution in [2.75, 3.05) is 7.11 Å². The molecule has 8 aliphatic rings. The maximum absolute atomic E-state index is 14.7. The maximum atomic E-state index is 14.7. The van der Waals surface area contributed by atoms with Crippen LogP contribution in [-0.4, -0.2) is 123 Å². The fourth-order valence-corrected chi connectivity index (χ4v) is 14.2. The minimum absolute atomic E-state index is 0.250. The molecule has 1 spiro atoms. The molecule has 19 heteroatoms. The molecule has 3 N–H and O–H groups in total. The Labute approximate surface area is 343 Å². The highest BCUT2D eigenvalue weighted by Gasteiger charge is 3.11. The molecular formula is C41H50O19. The lowest BCUT2D eigenvalue weighted by Gasteiger charge is -2.77. The first-order valence-corrected chi connectivity index (χ1v) is 20.1. The van der Waals surface area contributed by atoms with E-state index in [0.29, 0.717) is 0 Å². The lowest BCUT2D eigenvalue weighted by atomic mass is 9.33. The van der Waals surface area contributed by atoms with E-state index in [1.165, 1.54) is 67.1 Å². The topological polar surface area (TPSA) is 259 Å². The van der Waals surface area contributed by atoms with Crippen molar-refractivity contribution < 1.29 is 91.1 Å². The molecule has 60 heavy (non-hydrogen) atoms. The van der Waals surface area contributed by atoms with Crippen molar-refractivity contribution in [3.05, 3.63) is 24.2 Å². The van der Waals surface area contributed by atoms with Gasteiger partial charge in [0.05, 0.1) is 48.4 Å². The van der Waals surface area contributed by atoms with Gasteiger partial charge in [-0.1, -0.05) is 41.5 Å². The van der Waals surface area contributed by atoms with Gasteiger partial charge in [-0.3, -0.25) is 19.2 Å². The van der Waals surface area contributed by atoms with Crippen LogP contribution in [0.15, 0.2) is 23.0 Å². The third-order valence-electron chi connectivity index (χ3n) is 15.7. The van der Waals surface area contributed by atoms with Crippen LogP contribution in [0.3, 0.4) is 0 Å². The average molecular weight is 847 g/mol. The van der Waals surface area contributed by atoms with Crippen molar-refractivity contribution in [3.8, 4) is 0 Å².